The van der Waals surface area contributed by atoms with Crippen LogP contribution < -0.4 is 9.46 Å². The maximum Gasteiger partial charge on any atom is 0.244 e. The summed E-state index contributed by atoms with van der Waals surface area (Å²) in [6.07, 6.45) is 0. The van der Waals surface area contributed by atoms with Crippen LogP contribution in [-0.2, 0) is 15.6 Å². The van der Waals surface area contributed by atoms with Gasteiger partial charge in [0.2, 0.25) is 15.0 Å². The van der Waals surface area contributed by atoms with Crippen molar-refractivity contribution >= 4 is 26.3 Å². The number of ether oxygens (including phenoxy) is 1. The molecule has 0 amide bonds. The van der Waals surface area contributed by atoms with E-state index in [4.69, 9.17) is 4.74 Å². The molecule has 0 aliphatic rings. The molecule has 2 aromatic heterocycles. The summed E-state index contributed by atoms with van der Waals surface area (Å²) in [5.74, 6) is 0.247. The molecule has 0 fully saturated rings. The van der Waals surface area contributed by atoms with Crippen LogP contribution in [0.2, 0.25) is 0 Å². The van der Waals surface area contributed by atoms with Crippen molar-refractivity contribution in [1.82, 2.24) is 19.3 Å². The summed E-state index contributed by atoms with van der Waals surface area (Å²) < 4.78 is 33.8. The first-order valence-corrected chi connectivity index (χ1v) is 10.1. The van der Waals surface area contributed by atoms with E-state index in [1.807, 2.05) is 6.92 Å². The van der Waals surface area contributed by atoms with Crippen LogP contribution in [0.1, 0.15) is 24.5 Å². The molecule has 0 bridgehead atoms. The fourth-order valence-electron chi connectivity index (χ4n) is 2.57. The van der Waals surface area contributed by atoms with Gasteiger partial charge in [-0.2, -0.15) is 5.10 Å². The minimum absolute atomic E-state index is 0.0345. The first-order chi connectivity index (χ1) is 12.1. The van der Waals surface area contributed by atoms with Gasteiger partial charge in [0, 0.05) is 5.56 Å². The monoisotopic (exact) mass is 396 g/mol. The predicted molar refractivity (Wildman–Crippen MR) is 99.1 cm³/mol. The second kappa shape index (κ2) is 6.31. The third kappa shape index (κ3) is 3.09. The Labute approximate surface area is 155 Å². The van der Waals surface area contributed by atoms with Gasteiger partial charge < -0.3 is 9.84 Å². The predicted octanol–water partition coefficient (Wildman–Crippen LogP) is 1.91. The minimum atomic E-state index is -3.70. The van der Waals surface area contributed by atoms with Crippen LogP contribution in [-0.4, -0.2) is 42.3 Å². The van der Waals surface area contributed by atoms with Crippen molar-refractivity contribution in [3.05, 3.63) is 28.9 Å². The highest BCUT2D eigenvalue weighted by Crippen LogP contribution is 2.34. The maximum atomic E-state index is 12.3. The number of aromatic nitrogens is 3. The van der Waals surface area contributed by atoms with Gasteiger partial charge in [-0.15, -0.1) is 0 Å². The summed E-state index contributed by atoms with van der Waals surface area (Å²) >= 11 is 1.29. The minimum Gasteiger partial charge on any atom is -0.495 e. The molecule has 0 saturated heterocycles. The Balaban J connectivity index is 2.25. The molecule has 3 rings (SSSR count). The summed E-state index contributed by atoms with van der Waals surface area (Å²) in [4.78, 5) is 5.15. The zero-order chi connectivity index (χ0) is 19.3. The molecule has 26 heavy (non-hydrogen) atoms. The van der Waals surface area contributed by atoms with Gasteiger partial charge >= 0.3 is 0 Å². The van der Waals surface area contributed by atoms with Gasteiger partial charge in [0.25, 0.3) is 0 Å². The Bertz CT molecular complexity index is 1080. The molecule has 0 aliphatic heterocycles. The largest absolute Gasteiger partial charge is 0.495 e. The number of hydrogen-bond donors (Lipinski definition) is 2. The molecule has 2 N–H and O–H groups in total. The number of aryl methyl sites for hydroxylation is 1. The lowest BCUT2D eigenvalue weighted by Crippen LogP contribution is -2.19. The van der Waals surface area contributed by atoms with E-state index in [2.05, 4.69) is 14.8 Å². The van der Waals surface area contributed by atoms with Crippen molar-refractivity contribution < 1.29 is 18.3 Å². The number of benzene rings is 1. The third-order valence-corrected chi connectivity index (χ3v) is 6.55. The molecule has 8 nitrogen and oxygen atoms in total. The van der Waals surface area contributed by atoms with Gasteiger partial charge in [-0.25, -0.2) is 22.6 Å². The van der Waals surface area contributed by atoms with E-state index in [0.29, 0.717) is 26.9 Å². The van der Waals surface area contributed by atoms with Crippen LogP contribution in [0.15, 0.2) is 23.1 Å². The number of hydrogen-bond acceptors (Lipinski definition) is 7. The van der Waals surface area contributed by atoms with Crippen LogP contribution in [0.25, 0.3) is 16.2 Å². The van der Waals surface area contributed by atoms with Gasteiger partial charge in [-0.1, -0.05) is 11.3 Å². The summed E-state index contributed by atoms with van der Waals surface area (Å²) in [5.41, 5.74) is 0.931. The Kier molecular flexibility index (Phi) is 4.55. The lowest BCUT2D eigenvalue weighted by atomic mass is 10.1. The molecular weight excluding hydrogens is 376 g/mol. The molecule has 0 aliphatic carbocycles. The quantitative estimate of drug-likeness (QED) is 0.682. The van der Waals surface area contributed by atoms with Gasteiger partial charge in [0.1, 0.15) is 21.3 Å². The zero-order valence-corrected chi connectivity index (χ0v) is 16.7. The second-order valence-corrected chi connectivity index (χ2v) is 9.09. The van der Waals surface area contributed by atoms with Crippen LogP contribution in [0.5, 0.6) is 5.75 Å². The summed E-state index contributed by atoms with van der Waals surface area (Å²) in [6.45, 7) is 5.14. The number of aliphatic hydroxyl groups is 1. The van der Waals surface area contributed by atoms with E-state index >= 15 is 0 Å². The van der Waals surface area contributed by atoms with Crippen LogP contribution >= 0.6 is 11.3 Å². The molecule has 1 aromatic carbocycles. The van der Waals surface area contributed by atoms with Gasteiger partial charge in [0.15, 0.2) is 0 Å². The molecule has 0 atom stereocenters. The van der Waals surface area contributed by atoms with Crippen molar-refractivity contribution in [2.45, 2.75) is 31.3 Å². The molecule has 140 valence electrons. The lowest BCUT2D eigenvalue weighted by Gasteiger charge is -2.12. The van der Waals surface area contributed by atoms with E-state index < -0.39 is 15.6 Å². The molecule has 10 heteroatoms. The van der Waals surface area contributed by atoms with Crippen molar-refractivity contribution in [2.24, 2.45) is 0 Å². The smallest absolute Gasteiger partial charge is 0.244 e. The number of sulfonamides is 1. The van der Waals surface area contributed by atoms with Crippen LogP contribution in [0.3, 0.4) is 0 Å². The average molecular weight is 396 g/mol. The summed E-state index contributed by atoms with van der Waals surface area (Å²) in [6, 6.07) is 4.89. The summed E-state index contributed by atoms with van der Waals surface area (Å²) in [7, 11) is -0.936. The number of rotatable bonds is 5. The highest BCUT2D eigenvalue weighted by Gasteiger charge is 2.25. The van der Waals surface area contributed by atoms with E-state index in [-0.39, 0.29) is 10.6 Å². The number of nitrogens with one attached hydrogen (secondary N) is 1. The maximum absolute atomic E-state index is 12.3. The standard InChI is InChI=1S/C16H20N4O4S2/c1-9-13(20-15(18-9)25-14(19-20)16(2,3)21)10-6-7-11(24-5)12(8-10)26(22,23)17-4/h6-8,17,21H,1-5H3. The zero-order valence-electron chi connectivity index (χ0n) is 15.1. The highest BCUT2D eigenvalue weighted by atomic mass is 32.2. The topological polar surface area (TPSA) is 106 Å². The van der Waals surface area contributed by atoms with Crippen molar-refractivity contribution in [3.63, 3.8) is 0 Å². The lowest BCUT2D eigenvalue weighted by molar-refractivity contribution is 0.0773. The normalized spacial score (nSPS) is 12.7. The number of imidazole rings is 1. The Morgan fingerprint density at radius 1 is 1.35 bits per heavy atom. The van der Waals surface area contributed by atoms with E-state index in [1.165, 1.54) is 31.6 Å². The molecule has 0 spiro atoms. The molecule has 0 radical (unpaired) electrons. The van der Waals surface area contributed by atoms with E-state index in [1.54, 1.807) is 30.5 Å². The van der Waals surface area contributed by atoms with Crippen LogP contribution in [0, 0.1) is 6.92 Å². The fraction of sp³-hybridized carbons (Fsp3) is 0.375. The van der Waals surface area contributed by atoms with Crippen molar-refractivity contribution in [3.8, 4) is 17.0 Å². The highest BCUT2D eigenvalue weighted by molar-refractivity contribution is 7.89. The van der Waals surface area contributed by atoms with Crippen LogP contribution in [0.4, 0.5) is 0 Å². The second-order valence-electron chi connectivity index (χ2n) is 6.28. The Hall–Kier alpha value is -2.01. The van der Waals surface area contributed by atoms with Crippen molar-refractivity contribution in [1.29, 1.82) is 0 Å². The van der Waals surface area contributed by atoms with Gasteiger partial charge in [0.05, 0.1) is 18.5 Å². The molecule has 2 heterocycles. The average Bonchev–Trinajstić information content (AvgIpc) is 3.10. The first kappa shape index (κ1) is 18.8. The number of methoxy groups -OCH3 is 1. The van der Waals surface area contributed by atoms with Gasteiger partial charge in [-0.05, 0) is 46.0 Å². The Morgan fingerprint density at radius 2 is 2.04 bits per heavy atom. The Morgan fingerprint density at radius 3 is 2.62 bits per heavy atom. The fourth-order valence-corrected chi connectivity index (χ4v) is 4.44. The van der Waals surface area contributed by atoms with E-state index in [9.17, 15) is 13.5 Å². The number of fused-ring (bicyclic) bond motifs is 1. The SMILES string of the molecule is CNS(=O)(=O)c1cc(-c2c(C)nc3sc(C(C)(C)O)nn23)ccc1OC. The third-order valence-electron chi connectivity index (χ3n) is 3.90. The molecule has 0 saturated carbocycles. The summed E-state index contributed by atoms with van der Waals surface area (Å²) in [5, 5.41) is 15.2. The first-order valence-electron chi connectivity index (χ1n) is 7.79. The van der Waals surface area contributed by atoms with E-state index in [0.717, 1.165) is 0 Å². The molecular formula is C16H20N4O4S2. The molecule has 0 unspecified atom stereocenters. The number of nitrogens with zero attached hydrogens (tertiary/aromatic N) is 3. The van der Waals surface area contributed by atoms with Crippen molar-refractivity contribution in [2.75, 3.05) is 14.2 Å². The van der Waals surface area contributed by atoms with Gasteiger partial charge in [-0.3, -0.25) is 0 Å². The molecule has 3 aromatic rings.